The van der Waals surface area contributed by atoms with E-state index in [1.165, 1.54) is 6.92 Å². The van der Waals surface area contributed by atoms with Crippen molar-refractivity contribution in [1.82, 2.24) is 37.2 Å². The monoisotopic (exact) mass is 903 g/mol. The van der Waals surface area contributed by atoms with Crippen molar-refractivity contribution in [3.8, 4) is 0 Å². The van der Waals surface area contributed by atoms with E-state index in [2.05, 4.69) is 37.2 Å². The summed E-state index contributed by atoms with van der Waals surface area (Å²) in [4.78, 5) is 122. The van der Waals surface area contributed by atoms with Gasteiger partial charge in [-0.05, 0) is 81.7 Å². The molecular weight excluding hydrogens is 833 g/mol. The Morgan fingerprint density at radius 2 is 1.28 bits per heavy atom. The van der Waals surface area contributed by atoms with Gasteiger partial charge in [0.1, 0.15) is 36.3 Å². The van der Waals surface area contributed by atoms with Gasteiger partial charge >= 0.3 is 5.97 Å². The highest BCUT2D eigenvalue weighted by Gasteiger charge is 2.42. The van der Waals surface area contributed by atoms with E-state index in [-0.39, 0.29) is 56.4 Å². The third-order valence-corrected chi connectivity index (χ3v) is 10.2. The molecule has 0 aliphatic carbocycles. The van der Waals surface area contributed by atoms with Crippen LogP contribution in [0.1, 0.15) is 92.6 Å². The number of rotatable bonds is 22. The van der Waals surface area contributed by atoms with Crippen LogP contribution in [0.5, 0.6) is 0 Å². The highest BCUT2D eigenvalue weighted by molar-refractivity contribution is 6.00. The topological polar surface area (TPSA) is 345 Å². The lowest BCUT2D eigenvalue weighted by Crippen LogP contribution is -2.64. The van der Waals surface area contributed by atoms with Gasteiger partial charge in [0.25, 0.3) is 5.91 Å². The maximum Gasteiger partial charge on any atom is 0.329 e. The first kappa shape index (κ1) is 54.5. The SMILES string of the molecule is CC(C)C[C@@H]1NC(=O)[C@H](C)NC(=O)C(NC(=O)[C@H](CO)NC(=O)[C@@H](CCCCN)NC(=O)[C@@H](CC(C)C)NC(=O)[C@@H](N)Cc2ccccc2)[C@H](C(N)=O)OC(=O)[C@H](CC(C)C)NC1=O. The maximum absolute atomic E-state index is 13.9. The summed E-state index contributed by atoms with van der Waals surface area (Å²) in [5.74, 6) is -9.23. The first-order valence-corrected chi connectivity index (χ1v) is 21.8. The molecule has 14 N–H and O–H groups in total. The lowest BCUT2D eigenvalue weighted by molar-refractivity contribution is -0.162. The van der Waals surface area contributed by atoms with E-state index < -0.39 is 114 Å². The van der Waals surface area contributed by atoms with Gasteiger partial charge in [-0.2, -0.15) is 0 Å². The zero-order valence-electron chi connectivity index (χ0n) is 37.9. The van der Waals surface area contributed by atoms with Gasteiger partial charge in [-0.25, -0.2) is 4.79 Å². The minimum absolute atomic E-state index is 0.00596. The van der Waals surface area contributed by atoms with Crippen molar-refractivity contribution in [2.24, 2.45) is 35.0 Å². The van der Waals surface area contributed by atoms with Crippen LogP contribution >= 0.6 is 0 Å². The number of nitrogens with one attached hydrogen (secondary N) is 7. The van der Waals surface area contributed by atoms with Crippen molar-refractivity contribution >= 4 is 53.2 Å². The molecule has 64 heavy (non-hydrogen) atoms. The number of hydrogen-bond acceptors (Lipinski definition) is 13. The lowest BCUT2D eigenvalue weighted by atomic mass is 10.00. The molecule has 1 saturated heterocycles. The lowest BCUT2D eigenvalue weighted by Gasteiger charge is -2.29. The predicted molar refractivity (Wildman–Crippen MR) is 235 cm³/mol. The molecule has 1 aromatic carbocycles. The van der Waals surface area contributed by atoms with E-state index in [0.717, 1.165) is 5.56 Å². The van der Waals surface area contributed by atoms with E-state index >= 15 is 0 Å². The van der Waals surface area contributed by atoms with Crippen LogP contribution in [0.4, 0.5) is 0 Å². The molecule has 1 aliphatic rings. The quantitative estimate of drug-likeness (QED) is 0.0429. The van der Waals surface area contributed by atoms with Crippen molar-refractivity contribution in [1.29, 1.82) is 0 Å². The Morgan fingerprint density at radius 1 is 0.719 bits per heavy atom. The number of nitrogens with two attached hydrogens (primary N) is 3. The molecule has 1 aliphatic heterocycles. The third-order valence-electron chi connectivity index (χ3n) is 10.2. The van der Waals surface area contributed by atoms with Gasteiger partial charge in [-0.3, -0.25) is 38.4 Å². The zero-order valence-corrected chi connectivity index (χ0v) is 37.9. The van der Waals surface area contributed by atoms with Crippen LogP contribution in [0.2, 0.25) is 0 Å². The van der Waals surface area contributed by atoms with Crippen LogP contribution in [-0.4, -0.2) is 126 Å². The molecular formula is C43H70N10O11. The summed E-state index contributed by atoms with van der Waals surface area (Å²) in [7, 11) is 0. The molecule has 0 aromatic heterocycles. The Morgan fingerprint density at radius 3 is 1.84 bits per heavy atom. The molecule has 2 rings (SSSR count). The Bertz CT molecular complexity index is 1760. The van der Waals surface area contributed by atoms with Gasteiger partial charge in [0.15, 0.2) is 6.04 Å². The molecule has 0 bridgehead atoms. The average Bonchev–Trinajstić information content (AvgIpc) is 3.22. The first-order valence-electron chi connectivity index (χ1n) is 21.8. The van der Waals surface area contributed by atoms with Crippen LogP contribution < -0.4 is 54.4 Å². The smallest absolute Gasteiger partial charge is 0.329 e. The van der Waals surface area contributed by atoms with Crippen molar-refractivity contribution in [2.45, 2.75) is 148 Å². The number of primary amides is 1. The normalized spacial score (nSPS) is 21.6. The third kappa shape index (κ3) is 18.2. The summed E-state index contributed by atoms with van der Waals surface area (Å²) >= 11 is 0. The molecule has 0 saturated carbocycles. The summed E-state index contributed by atoms with van der Waals surface area (Å²) in [5.41, 5.74) is 18.3. The standard InChI is InChI=1S/C43H70N10O11/c1-22(2)17-29-40(60)51-31(19-24(5)6)43(63)64-34(35(46)55)33(42(62)47-25(7)36(56)49-29)53-41(61)32(21-54)52-38(58)28(15-11-12-16-44)48-39(59)30(18-23(3)4)50-37(57)27(45)20-26-13-9-8-10-14-26/h8-10,13-14,22-25,27-34,54H,11-12,15-21,44-45H2,1-7H3,(H2,46,55)(H,47,62)(H,48,59)(H,49,56)(H,50,57)(H,51,60)(H,52,58)(H,53,61)/t25-,27-,28+,29-,30+,31-,32-,33?,34+/m0/s1. The summed E-state index contributed by atoms with van der Waals surface area (Å²) in [5, 5.41) is 27.7. The van der Waals surface area contributed by atoms with Gasteiger partial charge < -0.3 is 64.3 Å². The summed E-state index contributed by atoms with van der Waals surface area (Å²) < 4.78 is 5.45. The molecule has 0 radical (unpaired) electrons. The largest absolute Gasteiger partial charge is 0.448 e. The average molecular weight is 903 g/mol. The number of carbonyl (C=O) groups is 9. The van der Waals surface area contributed by atoms with Gasteiger partial charge in [0, 0.05) is 0 Å². The fourth-order valence-corrected chi connectivity index (χ4v) is 6.80. The van der Waals surface area contributed by atoms with Crippen molar-refractivity contribution in [3.05, 3.63) is 35.9 Å². The molecule has 1 fully saturated rings. The highest BCUT2D eigenvalue weighted by atomic mass is 16.6. The number of aliphatic hydroxyl groups is 1. The second-order valence-electron chi connectivity index (χ2n) is 17.4. The Balaban J connectivity index is 2.42. The molecule has 1 heterocycles. The van der Waals surface area contributed by atoms with Crippen molar-refractivity contribution in [3.63, 3.8) is 0 Å². The van der Waals surface area contributed by atoms with Crippen molar-refractivity contribution < 1.29 is 53.0 Å². The van der Waals surface area contributed by atoms with Crippen LogP contribution in [0.15, 0.2) is 30.3 Å². The van der Waals surface area contributed by atoms with E-state index in [1.807, 2.05) is 45.9 Å². The number of esters is 1. The van der Waals surface area contributed by atoms with E-state index in [1.54, 1.807) is 26.0 Å². The first-order chi connectivity index (χ1) is 30.1. The Kier molecular flexibility index (Phi) is 22.8. The minimum atomic E-state index is -2.22. The van der Waals surface area contributed by atoms with Crippen LogP contribution in [0, 0.1) is 17.8 Å². The van der Waals surface area contributed by atoms with Gasteiger partial charge in [-0.15, -0.1) is 0 Å². The Hall–Kier alpha value is -5.67. The summed E-state index contributed by atoms with van der Waals surface area (Å²) in [6.45, 7) is 11.3. The number of benzene rings is 1. The zero-order chi connectivity index (χ0) is 48.3. The number of amides is 8. The van der Waals surface area contributed by atoms with E-state index in [9.17, 15) is 48.3 Å². The summed E-state index contributed by atoms with van der Waals surface area (Å²) in [6, 6.07) is -2.23. The van der Waals surface area contributed by atoms with Crippen molar-refractivity contribution in [2.75, 3.05) is 13.2 Å². The number of aliphatic hydroxyl groups excluding tert-OH is 1. The maximum atomic E-state index is 13.9. The highest BCUT2D eigenvalue weighted by Crippen LogP contribution is 2.14. The summed E-state index contributed by atoms with van der Waals surface area (Å²) in [6.07, 6.45) is -0.880. The number of unbranched alkanes of at least 4 members (excludes halogenated alkanes) is 1. The minimum Gasteiger partial charge on any atom is -0.448 e. The number of ether oxygens (including phenoxy) is 1. The fourth-order valence-electron chi connectivity index (χ4n) is 6.80. The Labute approximate surface area is 374 Å². The number of carbonyl (C=O) groups excluding carboxylic acids is 9. The molecule has 0 spiro atoms. The molecule has 21 heteroatoms. The number of hydrogen-bond donors (Lipinski definition) is 11. The second kappa shape index (κ2) is 26.8. The number of cyclic esters (lactones) is 1. The van der Waals surface area contributed by atoms with E-state index in [0.29, 0.717) is 12.8 Å². The molecule has 9 atom stereocenters. The molecule has 21 nitrogen and oxygen atoms in total. The van der Waals surface area contributed by atoms with Crippen LogP contribution in [-0.2, 0) is 54.3 Å². The molecule has 8 amide bonds. The van der Waals surface area contributed by atoms with Crippen LogP contribution in [0.25, 0.3) is 0 Å². The molecule has 358 valence electrons. The van der Waals surface area contributed by atoms with Crippen LogP contribution in [0.3, 0.4) is 0 Å². The second-order valence-corrected chi connectivity index (χ2v) is 17.4. The van der Waals surface area contributed by atoms with Gasteiger partial charge in [0.05, 0.1) is 12.6 Å². The van der Waals surface area contributed by atoms with E-state index in [4.69, 9.17) is 21.9 Å². The predicted octanol–water partition coefficient (Wildman–Crippen LogP) is -2.36. The molecule has 1 unspecified atom stereocenters. The molecule has 1 aromatic rings. The van der Waals surface area contributed by atoms with Gasteiger partial charge in [0.2, 0.25) is 47.5 Å². The fraction of sp³-hybridized carbons (Fsp3) is 0.651. The van der Waals surface area contributed by atoms with Gasteiger partial charge in [-0.1, -0.05) is 71.9 Å².